The Hall–Kier alpha value is -2.88. The van der Waals surface area contributed by atoms with Crippen LogP contribution in [0, 0.1) is 0 Å². The molecule has 0 aliphatic heterocycles. The summed E-state index contributed by atoms with van der Waals surface area (Å²) in [5, 5.41) is 0. The zero-order valence-electron chi connectivity index (χ0n) is 26.9. The van der Waals surface area contributed by atoms with E-state index in [2.05, 4.69) is 160 Å². The molecule has 0 aliphatic carbocycles. The third-order valence-corrected chi connectivity index (χ3v) is 28.5. The second kappa shape index (κ2) is 16.4. The third-order valence-electron chi connectivity index (χ3n) is 9.05. The first-order valence-electron chi connectivity index (χ1n) is 16.8. The Morgan fingerprint density at radius 2 is 0.841 bits per heavy atom. The summed E-state index contributed by atoms with van der Waals surface area (Å²) in [6.45, 7) is 7.12. The van der Waals surface area contributed by atoms with Crippen LogP contribution in [0.25, 0.3) is 21.6 Å². The summed E-state index contributed by atoms with van der Waals surface area (Å²) in [5.74, 6) is 0. The van der Waals surface area contributed by atoms with Crippen molar-refractivity contribution < 1.29 is 0 Å². The molecule has 2 heteroatoms. The van der Waals surface area contributed by atoms with Crippen molar-refractivity contribution in [3.63, 3.8) is 0 Å². The van der Waals surface area contributed by atoms with E-state index in [4.69, 9.17) is 0 Å². The summed E-state index contributed by atoms with van der Waals surface area (Å²) in [4.78, 5) is 1.44. The predicted molar refractivity (Wildman–Crippen MR) is 199 cm³/mol. The van der Waals surface area contributed by atoms with Crippen LogP contribution in [-0.4, -0.2) is 18.4 Å². The van der Waals surface area contributed by atoms with Gasteiger partial charge in [0.2, 0.25) is 0 Å². The zero-order valence-corrected chi connectivity index (χ0v) is 30.6. The Morgan fingerprint density at radius 3 is 1.23 bits per heavy atom. The van der Waals surface area contributed by atoms with Crippen LogP contribution in [0.3, 0.4) is 0 Å². The Bertz CT molecular complexity index is 1520. The van der Waals surface area contributed by atoms with Crippen LogP contribution < -0.4 is 2.89 Å². The molecule has 0 saturated carbocycles. The van der Waals surface area contributed by atoms with Gasteiger partial charge in [0.25, 0.3) is 0 Å². The molecule has 0 N–H and O–H groups in total. The van der Waals surface area contributed by atoms with E-state index in [1.54, 1.807) is 0 Å². The van der Waals surface area contributed by atoms with Gasteiger partial charge in [-0.3, -0.25) is 0 Å². The van der Waals surface area contributed by atoms with Gasteiger partial charge in [0.15, 0.2) is 0 Å². The first kappa shape index (κ1) is 32.5. The van der Waals surface area contributed by atoms with Gasteiger partial charge in [0.1, 0.15) is 0 Å². The Labute approximate surface area is 274 Å². The molecular weight excluding hydrogens is 655 g/mol. The molecule has 1 aromatic heterocycles. The van der Waals surface area contributed by atoms with Crippen molar-refractivity contribution in [2.24, 2.45) is 0 Å². The molecule has 0 spiro atoms. The minimum absolute atomic E-state index is 1.24. The van der Waals surface area contributed by atoms with Crippen molar-refractivity contribution in [3.05, 3.63) is 150 Å². The van der Waals surface area contributed by atoms with E-state index in [1.165, 1.54) is 95.7 Å². The van der Waals surface area contributed by atoms with Crippen molar-refractivity contribution in [1.82, 2.24) is 0 Å². The fourth-order valence-corrected chi connectivity index (χ4v) is 26.7. The molecule has 5 aromatic rings. The topological polar surface area (TPSA) is 0 Å². The van der Waals surface area contributed by atoms with Gasteiger partial charge in [-0.1, -0.05) is 12.1 Å². The van der Waals surface area contributed by atoms with Crippen LogP contribution in [0.2, 0.25) is 13.3 Å². The van der Waals surface area contributed by atoms with Gasteiger partial charge in [0, 0.05) is 0 Å². The van der Waals surface area contributed by atoms with E-state index >= 15 is 0 Å². The maximum atomic E-state index is 2.56. The predicted octanol–water partition coefficient (Wildman–Crippen LogP) is 12.5. The summed E-state index contributed by atoms with van der Waals surface area (Å²) in [7, 11) is 0. The average Bonchev–Trinajstić information content (AvgIpc) is 3.59. The number of rotatable bonds is 15. The van der Waals surface area contributed by atoms with E-state index in [0.29, 0.717) is 0 Å². The second-order valence-electron chi connectivity index (χ2n) is 12.2. The Balaban J connectivity index is 1.58. The Kier molecular flexibility index (Phi) is 12.1. The molecule has 226 valence electrons. The minimum atomic E-state index is -2.43. The molecule has 4 aromatic carbocycles. The summed E-state index contributed by atoms with van der Waals surface area (Å²) in [6, 6.07) is 47.1. The summed E-state index contributed by atoms with van der Waals surface area (Å²) in [5.41, 5.74) is 8.85. The monoisotopic (exact) mass is 704 g/mol. The van der Waals surface area contributed by atoms with Crippen LogP contribution >= 0.6 is 11.3 Å². The summed E-state index contributed by atoms with van der Waals surface area (Å²) >= 11 is -0.297. The second-order valence-corrected chi connectivity index (χ2v) is 27.4. The number of hydrogen-bond donors (Lipinski definition) is 0. The molecule has 0 nitrogen and oxygen atoms in total. The molecule has 44 heavy (non-hydrogen) atoms. The molecule has 0 aliphatic rings. The van der Waals surface area contributed by atoms with E-state index in [-0.39, 0.29) is 0 Å². The third kappa shape index (κ3) is 7.85. The first-order chi connectivity index (χ1) is 21.7. The van der Waals surface area contributed by atoms with Gasteiger partial charge in [-0.2, -0.15) is 0 Å². The zero-order chi connectivity index (χ0) is 30.6. The van der Waals surface area contributed by atoms with Crippen LogP contribution in [0.5, 0.6) is 0 Å². The average molecular weight is 704 g/mol. The number of thiophene rings is 1. The van der Waals surface area contributed by atoms with Crippen LogP contribution in [0.1, 0.15) is 81.5 Å². The number of hydrogen-bond acceptors (Lipinski definition) is 1. The van der Waals surface area contributed by atoms with Crippen molar-refractivity contribution >= 4 is 43.8 Å². The Morgan fingerprint density at radius 1 is 0.455 bits per heavy atom. The van der Waals surface area contributed by atoms with Crippen LogP contribution in [0.4, 0.5) is 0 Å². The molecule has 5 rings (SSSR count). The maximum absolute atomic E-state index is 2.56. The van der Waals surface area contributed by atoms with Crippen molar-refractivity contribution in [2.45, 2.75) is 72.6 Å². The van der Waals surface area contributed by atoms with E-state index in [9.17, 15) is 0 Å². The molecule has 0 atom stereocenters. The van der Waals surface area contributed by atoms with Gasteiger partial charge < -0.3 is 0 Å². The van der Waals surface area contributed by atoms with E-state index < -0.39 is 18.4 Å². The molecule has 0 fully saturated rings. The molecule has 0 bridgehead atoms. The molecule has 0 radical (unpaired) electrons. The normalized spacial score (nSPS) is 11.4. The van der Waals surface area contributed by atoms with Crippen molar-refractivity contribution in [3.8, 4) is 10.4 Å². The van der Waals surface area contributed by atoms with E-state index in [1.807, 2.05) is 2.89 Å². The fourth-order valence-electron chi connectivity index (χ4n) is 6.59. The SMILES string of the molecule is CCC[CH2][Sn]([CH2]CCC)([CH2]CCC)[c]1ccc(-c2ccc(C(=C(c3ccccc3)c3ccccc3)c3ccccc3)cc2)s1. The fraction of sp³-hybridized carbons (Fsp3) is 0.286. The standard InChI is InChI=1S/C30H21S.3C4H9.Sn/c1-4-11-24(12-5-1)29(25-13-6-2-7-14-25)30(26-15-8-3-9-16-26)27-20-18-23(19-21-27)28-17-10-22-31-28;3*1-3-4-2;/h1-21H;3*1,3-4H2,2H3;. The van der Waals surface area contributed by atoms with Gasteiger partial charge in [0.05, 0.1) is 0 Å². The number of benzene rings is 4. The van der Waals surface area contributed by atoms with Gasteiger partial charge in [-0.15, -0.1) is 0 Å². The molecule has 0 saturated heterocycles. The van der Waals surface area contributed by atoms with Gasteiger partial charge in [-0.05, 0) is 0 Å². The molecule has 0 amide bonds. The molecular formula is C42H48SSn. The van der Waals surface area contributed by atoms with Crippen molar-refractivity contribution in [1.29, 1.82) is 0 Å². The molecule has 0 unspecified atom stereocenters. The van der Waals surface area contributed by atoms with Gasteiger partial charge in [-0.25, -0.2) is 0 Å². The van der Waals surface area contributed by atoms with Crippen LogP contribution in [0.15, 0.2) is 127 Å². The quantitative estimate of drug-likeness (QED) is 0.0752. The van der Waals surface area contributed by atoms with Crippen LogP contribution in [-0.2, 0) is 0 Å². The first-order valence-corrected chi connectivity index (χ1v) is 25.1. The summed E-state index contributed by atoms with van der Waals surface area (Å²) in [6.07, 6.45) is 8.19. The molecule has 1 heterocycles. The number of unbranched alkanes of at least 4 members (excludes halogenated alkanes) is 3. The van der Waals surface area contributed by atoms with Gasteiger partial charge >= 0.3 is 264 Å². The summed E-state index contributed by atoms with van der Waals surface area (Å²) < 4.78 is 6.39. The van der Waals surface area contributed by atoms with Crippen molar-refractivity contribution in [2.75, 3.05) is 0 Å². The van der Waals surface area contributed by atoms with E-state index in [0.717, 1.165) is 0 Å².